The molecule has 0 bridgehead atoms. The number of unbranched alkanes of at least 4 members (excludes halogenated alkanes) is 30. The Hall–Kier alpha value is -1.59. The smallest absolute Gasteiger partial charge is 0.462 e. The fraction of sp³-hybridized carbons (Fsp3) is 0.882. The van der Waals surface area contributed by atoms with E-state index in [1.807, 2.05) is 0 Å². The summed E-state index contributed by atoms with van der Waals surface area (Å²) in [4.78, 5) is 35.4. The van der Waals surface area contributed by atoms with Gasteiger partial charge in [0.2, 0.25) is 0 Å². The molecule has 0 spiro atoms. The summed E-state index contributed by atoms with van der Waals surface area (Å²) >= 11 is 0. The molecule has 4 atom stereocenters. The van der Waals surface area contributed by atoms with Crippen LogP contribution in [0.4, 0.5) is 0 Å². The highest BCUT2D eigenvalue weighted by Crippen LogP contribution is 2.45. The van der Waals surface area contributed by atoms with Crippen LogP contribution in [0.15, 0.2) is 24.3 Å². The lowest BCUT2D eigenvalue weighted by Gasteiger charge is -2.24. The Morgan fingerprint density at radius 3 is 1.24 bits per heavy atom. The number of esters is 2. The predicted octanol–water partition coefficient (Wildman–Crippen LogP) is 13.5. The first-order valence-electron chi connectivity index (χ1n) is 25.9. The highest BCUT2D eigenvalue weighted by molar-refractivity contribution is 7.47. The number of phosphoric ester groups is 1. The van der Waals surface area contributed by atoms with Gasteiger partial charge < -0.3 is 29.7 Å². The second kappa shape index (κ2) is 46.9. The average molecular weight is 917 g/mol. The molecule has 0 aromatic rings. The van der Waals surface area contributed by atoms with E-state index in [9.17, 15) is 29.3 Å². The molecule has 0 aliphatic heterocycles. The number of allylic oxidation sites excluding steroid dienone is 4. The zero-order valence-electron chi connectivity index (χ0n) is 40.4. The lowest BCUT2D eigenvalue weighted by atomic mass is 10.0. The summed E-state index contributed by atoms with van der Waals surface area (Å²) in [6.07, 6.45) is 46.3. The molecule has 12 heteroatoms. The summed E-state index contributed by atoms with van der Waals surface area (Å²) in [5.74, 6) is -1.01. The maximum absolute atomic E-state index is 12.7. The quantitative estimate of drug-likeness (QED) is 0.0198. The Kier molecular flexibility index (Phi) is 45.7. The average Bonchev–Trinajstić information content (AvgIpc) is 3.27. The van der Waals surface area contributed by atoms with Crippen LogP contribution in [0.25, 0.3) is 0 Å². The molecule has 0 aliphatic rings. The molecule has 0 aromatic heterocycles. The summed E-state index contributed by atoms with van der Waals surface area (Å²) in [5.41, 5.74) is 0. The minimum absolute atomic E-state index is 0.149. The van der Waals surface area contributed by atoms with Crippen molar-refractivity contribution in [3.63, 3.8) is 0 Å². The van der Waals surface area contributed by atoms with Crippen molar-refractivity contribution in [2.24, 2.45) is 0 Å². The van der Waals surface area contributed by atoms with Gasteiger partial charge in [-0.3, -0.25) is 18.6 Å². The van der Waals surface area contributed by atoms with Crippen molar-refractivity contribution in [3.8, 4) is 0 Å². The molecule has 0 fully saturated rings. The zero-order chi connectivity index (χ0) is 46.3. The van der Waals surface area contributed by atoms with Crippen LogP contribution in [0.2, 0.25) is 0 Å². The van der Waals surface area contributed by atoms with Crippen molar-refractivity contribution < 1.29 is 52.9 Å². The molecular weight excluding hydrogens is 820 g/mol. The van der Waals surface area contributed by atoms with E-state index in [4.69, 9.17) is 23.6 Å². The van der Waals surface area contributed by atoms with Gasteiger partial charge in [0.25, 0.3) is 0 Å². The number of hydrogen-bond acceptors (Lipinski definition) is 10. The number of carbonyl (C=O) groups excluding carboxylic acids is 2. The van der Waals surface area contributed by atoms with Crippen molar-refractivity contribution in [1.29, 1.82) is 0 Å². The number of ether oxygens (including phenoxy) is 2. The summed E-state index contributed by atoms with van der Waals surface area (Å²) in [6, 6.07) is 0. The highest BCUT2D eigenvalue weighted by atomic mass is 31.2. The normalized spacial score (nSPS) is 14.3. The van der Waals surface area contributed by atoms with Gasteiger partial charge in [-0.1, -0.05) is 192 Å². The third-order valence-corrected chi connectivity index (χ3v) is 12.5. The van der Waals surface area contributed by atoms with Crippen LogP contribution in [0.5, 0.6) is 0 Å². The van der Waals surface area contributed by atoms with Crippen molar-refractivity contribution in [2.45, 2.75) is 263 Å². The minimum atomic E-state index is -4.85. The van der Waals surface area contributed by atoms with E-state index < -0.39 is 57.9 Å². The third kappa shape index (κ3) is 44.0. The van der Waals surface area contributed by atoms with Crippen molar-refractivity contribution in [2.75, 3.05) is 26.4 Å². The number of aliphatic hydroxyl groups excluding tert-OH is 3. The monoisotopic (exact) mass is 917 g/mol. The Labute approximate surface area is 385 Å². The molecule has 0 saturated heterocycles. The number of hydrogen-bond donors (Lipinski definition) is 4. The van der Waals surface area contributed by atoms with Gasteiger partial charge in [-0.05, 0) is 64.2 Å². The fourth-order valence-electron chi connectivity index (χ4n) is 7.44. The number of aliphatic hydroxyl groups is 3. The van der Waals surface area contributed by atoms with Crippen LogP contribution >= 0.6 is 7.82 Å². The molecule has 0 radical (unpaired) electrons. The Balaban J connectivity index is 4.30. The summed E-state index contributed by atoms with van der Waals surface area (Å²) in [6.45, 7) is 1.85. The standard InChI is InChI=1S/C51H97O11P/c1-3-5-7-9-11-13-15-17-19-20-21-22-23-24-25-26-28-29-31-33-35-37-39-41-50(55)59-45-47(46-60-63(57,58)62-49(44-53)48(54)43-52)61-51(56)42-40-38-36-34-32-30-27-18-16-14-12-10-8-6-4-2/h15,17,31,33,47-49,52-54H,3-14,16,18-30,32,34-46H2,1-2H3,(H,57,58)/b17-15-,33-31-/t47-,48-,49-/m1/s1. The van der Waals surface area contributed by atoms with Crippen LogP contribution in [0.1, 0.15) is 245 Å². The van der Waals surface area contributed by atoms with E-state index >= 15 is 0 Å². The molecule has 63 heavy (non-hydrogen) atoms. The van der Waals surface area contributed by atoms with E-state index in [1.165, 1.54) is 167 Å². The SMILES string of the molecule is CCCCCCC/C=C\CCCCCCCCCC/C=C\CCCCC(=O)OC[C@H](COP(=O)(O)O[C@H](CO)[C@H](O)CO)OC(=O)CCCCCCCCCCCCCCCCC. The molecule has 372 valence electrons. The van der Waals surface area contributed by atoms with Crippen LogP contribution in [-0.4, -0.2) is 76.9 Å². The molecule has 0 amide bonds. The Morgan fingerprint density at radius 1 is 0.492 bits per heavy atom. The largest absolute Gasteiger partial charge is 0.472 e. The Morgan fingerprint density at radius 2 is 0.841 bits per heavy atom. The van der Waals surface area contributed by atoms with Gasteiger partial charge in [-0.2, -0.15) is 0 Å². The first-order chi connectivity index (χ1) is 30.7. The van der Waals surface area contributed by atoms with Crippen LogP contribution in [0.3, 0.4) is 0 Å². The van der Waals surface area contributed by atoms with Gasteiger partial charge in [-0.25, -0.2) is 4.57 Å². The van der Waals surface area contributed by atoms with E-state index in [0.717, 1.165) is 38.5 Å². The van der Waals surface area contributed by atoms with Crippen molar-refractivity contribution in [3.05, 3.63) is 24.3 Å². The Bertz CT molecular complexity index is 1120. The van der Waals surface area contributed by atoms with Crippen LogP contribution in [-0.2, 0) is 32.7 Å². The molecule has 11 nitrogen and oxygen atoms in total. The molecule has 0 aliphatic carbocycles. The number of phosphoric acid groups is 1. The van der Waals surface area contributed by atoms with E-state index in [2.05, 4.69) is 38.2 Å². The first kappa shape index (κ1) is 61.4. The number of carbonyl (C=O) groups is 2. The lowest BCUT2D eigenvalue weighted by Crippen LogP contribution is -2.35. The van der Waals surface area contributed by atoms with Gasteiger partial charge in [0, 0.05) is 12.8 Å². The van der Waals surface area contributed by atoms with Crippen molar-refractivity contribution in [1.82, 2.24) is 0 Å². The maximum atomic E-state index is 12.7. The van der Waals surface area contributed by atoms with E-state index in [1.54, 1.807) is 0 Å². The molecule has 0 heterocycles. The second-order valence-corrected chi connectivity index (χ2v) is 19.0. The van der Waals surface area contributed by atoms with E-state index in [-0.39, 0.29) is 19.4 Å². The fourth-order valence-corrected chi connectivity index (χ4v) is 8.40. The van der Waals surface area contributed by atoms with Gasteiger partial charge in [0.1, 0.15) is 18.8 Å². The van der Waals surface area contributed by atoms with E-state index in [0.29, 0.717) is 12.8 Å². The summed E-state index contributed by atoms with van der Waals surface area (Å²) in [5, 5.41) is 28.3. The molecule has 4 N–H and O–H groups in total. The first-order valence-corrected chi connectivity index (χ1v) is 27.4. The van der Waals surface area contributed by atoms with Crippen LogP contribution in [0, 0.1) is 0 Å². The lowest BCUT2D eigenvalue weighted by molar-refractivity contribution is -0.161. The number of rotatable bonds is 49. The molecule has 0 saturated carbocycles. The maximum Gasteiger partial charge on any atom is 0.472 e. The highest BCUT2D eigenvalue weighted by Gasteiger charge is 2.32. The molecule has 1 unspecified atom stereocenters. The van der Waals surface area contributed by atoms with Gasteiger partial charge in [0.05, 0.1) is 19.8 Å². The second-order valence-electron chi connectivity index (χ2n) is 17.6. The third-order valence-electron chi connectivity index (χ3n) is 11.5. The minimum Gasteiger partial charge on any atom is -0.462 e. The summed E-state index contributed by atoms with van der Waals surface area (Å²) in [7, 11) is -4.85. The topological polar surface area (TPSA) is 169 Å². The van der Waals surface area contributed by atoms with Gasteiger partial charge in [0.15, 0.2) is 6.10 Å². The zero-order valence-corrected chi connectivity index (χ0v) is 41.3. The molecule has 0 rings (SSSR count). The van der Waals surface area contributed by atoms with Crippen molar-refractivity contribution >= 4 is 19.8 Å². The van der Waals surface area contributed by atoms with Gasteiger partial charge >= 0.3 is 19.8 Å². The predicted molar refractivity (Wildman–Crippen MR) is 258 cm³/mol. The molecular formula is C51H97O11P. The summed E-state index contributed by atoms with van der Waals surface area (Å²) < 4.78 is 33.2. The molecule has 0 aromatic carbocycles. The van der Waals surface area contributed by atoms with Crippen LogP contribution < -0.4 is 0 Å². The van der Waals surface area contributed by atoms with Gasteiger partial charge in [-0.15, -0.1) is 0 Å².